The van der Waals surface area contributed by atoms with Crippen molar-refractivity contribution in [1.29, 1.82) is 0 Å². The minimum atomic E-state index is -0.0769. The third kappa shape index (κ3) is 5.84. The molecule has 5 heteroatoms. The average molecular weight is 365 g/mol. The SMILES string of the molecule is CCN(CC(=O)NCc1cccs1)C(=O)C1CCC(C(C)(C)C)CC1. The molecule has 0 unspecified atom stereocenters. The Morgan fingerprint density at radius 3 is 2.44 bits per heavy atom. The van der Waals surface area contributed by atoms with Crippen LogP contribution in [0.2, 0.25) is 0 Å². The first kappa shape index (κ1) is 20.0. The van der Waals surface area contributed by atoms with Gasteiger partial charge in [0.15, 0.2) is 0 Å². The smallest absolute Gasteiger partial charge is 0.239 e. The van der Waals surface area contributed by atoms with Gasteiger partial charge in [-0.15, -0.1) is 11.3 Å². The molecule has 4 nitrogen and oxygen atoms in total. The number of nitrogens with one attached hydrogen (secondary N) is 1. The Balaban J connectivity index is 1.81. The third-order valence-electron chi connectivity index (χ3n) is 5.37. The second-order valence-corrected chi connectivity index (χ2v) is 9.16. The predicted molar refractivity (Wildman–Crippen MR) is 103 cm³/mol. The zero-order valence-electron chi connectivity index (χ0n) is 16.0. The fourth-order valence-electron chi connectivity index (χ4n) is 3.64. The van der Waals surface area contributed by atoms with E-state index >= 15 is 0 Å². The van der Waals surface area contributed by atoms with Gasteiger partial charge in [0, 0.05) is 17.3 Å². The molecular formula is C20H32N2O2S. The molecule has 0 atom stereocenters. The highest BCUT2D eigenvalue weighted by molar-refractivity contribution is 7.09. The summed E-state index contributed by atoms with van der Waals surface area (Å²) >= 11 is 1.63. The summed E-state index contributed by atoms with van der Waals surface area (Å²) in [5.41, 5.74) is 0.320. The molecule has 1 aliphatic carbocycles. The first-order chi connectivity index (χ1) is 11.8. The molecule has 25 heavy (non-hydrogen) atoms. The van der Waals surface area contributed by atoms with Crippen LogP contribution >= 0.6 is 11.3 Å². The van der Waals surface area contributed by atoms with Crippen molar-refractivity contribution >= 4 is 23.2 Å². The van der Waals surface area contributed by atoms with Crippen molar-refractivity contribution < 1.29 is 9.59 Å². The van der Waals surface area contributed by atoms with Crippen LogP contribution in [0.4, 0.5) is 0 Å². The summed E-state index contributed by atoms with van der Waals surface area (Å²) in [4.78, 5) is 27.8. The lowest BCUT2D eigenvalue weighted by molar-refractivity contribution is -0.140. The van der Waals surface area contributed by atoms with Gasteiger partial charge in [-0.1, -0.05) is 26.8 Å². The van der Waals surface area contributed by atoms with E-state index in [0.29, 0.717) is 24.4 Å². The number of likely N-dealkylation sites (N-methyl/N-ethyl adjacent to an activating group) is 1. The molecule has 1 aromatic rings. The van der Waals surface area contributed by atoms with Crippen molar-refractivity contribution in [3.8, 4) is 0 Å². The van der Waals surface area contributed by atoms with E-state index in [1.165, 1.54) is 0 Å². The van der Waals surface area contributed by atoms with Gasteiger partial charge in [0.1, 0.15) is 0 Å². The third-order valence-corrected chi connectivity index (χ3v) is 6.25. The van der Waals surface area contributed by atoms with Gasteiger partial charge in [-0.05, 0) is 55.4 Å². The van der Waals surface area contributed by atoms with Gasteiger partial charge in [0.05, 0.1) is 13.1 Å². The number of amides is 2. The molecule has 1 saturated carbocycles. The lowest BCUT2D eigenvalue weighted by Gasteiger charge is -2.37. The molecule has 2 rings (SSSR count). The molecular weight excluding hydrogens is 332 g/mol. The molecule has 1 aliphatic rings. The van der Waals surface area contributed by atoms with Crippen LogP contribution in [0.3, 0.4) is 0 Å². The summed E-state index contributed by atoms with van der Waals surface area (Å²) in [6, 6.07) is 3.98. The fourth-order valence-corrected chi connectivity index (χ4v) is 4.28. The van der Waals surface area contributed by atoms with Gasteiger partial charge in [0.2, 0.25) is 11.8 Å². The first-order valence-electron chi connectivity index (χ1n) is 9.39. The minimum absolute atomic E-state index is 0.0769. The van der Waals surface area contributed by atoms with Gasteiger partial charge in [-0.25, -0.2) is 0 Å². The number of hydrogen-bond acceptors (Lipinski definition) is 3. The van der Waals surface area contributed by atoms with Crippen molar-refractivity contribution in [2.45, 2.75) is 59.9 Å². The Morgan fingerprint density at radius 2 is 1.92 bits per heavy atom. The predicted octanol–water partition coefficient (Wildman–Crippen LogP) is 4.07. The Morgan fingerprint density at radius 1 is 1.24 bits per heavy atom. The highest BCUT2D eigenvalue weighted by Gasteiger charge is 2.34. The number of hydrogen-bond donors (Lipinski definition) is 1. The summed E-state index contributed by atoms with van der Waals surface area (Å²) in [5.74, 6) is 0.859. The largest absolute Gasteiger partial charge is 0.350 e. The maximum atomic E-state index is 12.8. The number of thiophene rings is 1. The van der Waals surface area contributed by atoms with E-state index < -0.39 is 0 Å². The van der Waals surface area contributed by atoms with E-state index in [-0.39, 0.29) is 24.3 Å². The molecule has 0 saturated heterocycles. The van der Waals surface area contributed by atoms with Gasteiger partial charge in [0.25, 0.3) is 0 Å². The maximum Gasteiger partial charge on any atom is 0.239 e. The van der Waals surface area contributed by atoms with Crippen LogP contribution in [0.5, 0.6) is 0 Å². The summed E-state index contributed by atoms with van der Waals surface area (Å²) in [6.45, 7) is 10.1. The Kier molecular flexibility index (Phi) is 7.05. The van der Waals surface area contributed by atoms with Crippen LogP contribution in [0.25, 0.3) is 0 Å². The number of rotatable bonds is 6. The average Bonchev–Trinajstić information content (AvgIpc) is 3.10. The van der Waals surface area contributed by atoms with Crippen LogP contribution in [0.1, 0.15) is 58.3 Å². The summed E-state index contributed by atoms with van der Waals surface area (Å²) in [6.07, 6.45) is 4.13. The minimum Gasteiger partial charge on any atom is -0.350 e. The van der Waals surface area contributed by atoms with Crippen molar-refractivity contribution in [2.75, 3.05) is 13.1 Å². The fraction of sp³-hybridized carbons (Fsp3) is 0.700. The van der Waals surface area contributed by atoms with Crippen LogP contribution in [-0.4, -0.2) is 29.8 Å². The molecule has 0 spiro atoms. The molecule has 1 fully saturated rings. The van der Waals surface area contributed by atoms with E-state index in [2.05, 4.69) is 26.1 Å². The number of carbonyl (C=O) groups excluding carboxylic acids is 2. The number of carbonyl (C=O) groups is 2. The molecule has 0 bridgehead atoms. The van der Waals surface area contributed by atoms with E-state index in [4.69, 9.17) is 0 Å². The van der Waals surface area contributed by atoms with E-state index in [0.717, 1.165) is 30.6 Å². The van der Waals surface area contributed by atoms with Crippen molar-refractivity contribution in [1.82, 2.24) is 10.2 Å². The molecule has 140 valence electrons. The molecule has 2 amide bonds. The van der Waals surface area contributed by atoms with E-state index in [1.807, 2.05) is 24.4 Å². The van der Waals surface area contributed by atoms with Crippen LogP contribution in [0.15, 0.2) is 17.5 Å². The topological polar surface area (TPSA) is 49.4 Å². The second-order valence-electron chi connectivity index (χ2n) is 8.12. The Hall–Kier alpha value is -1.36. The molecule has 0 aromatic carbocycles. The van der Waals surface area contributed by atoms with Gasteiger partial charge >= 0.3 is 0 Å². The van der Waals surface area contributed by atoms with Gasteiger partial charge in [-0.2, -0.15) is 0 Å². The van der Waals surface area contributed by atoms with E-state index in [9.17, 15) is 9.59 Å². The van der Waals surface area contributed by atoms with Crippen LogP contribution in [0, 0.1) is 17.3 Å². The van der Waals surface area contributed by atoms with E-state index in [1.54, 1.807) is 16.2 Å². The summed E-state index contributed by atoms with van der Waals surface area (Å²) in [5, 5.41) is 4.91. The second kappa shape index (κ2) is 8.84. The van der Waals surface area contributed by atoms with Crippen LogP contribution in [-0.2, 0) is 16.1 Å². The van der Waals surface area contributed by atoms with Gasteiger partial charge in [-0.3, -0.25) is 9.59 Å². The standard InChI is InChI=1S/C20H32N2O2S/c1-5-22(14-18(23)21-13-17-7-6-12-25-17)19(24)15-8-10-16(11-9-15)20(2,3)4/h6-7,12,15-16H,5,8-11,13-14H2,1-4H3,(H,21,23). The lowest BCUT2D eigenvalue weighted by Crippen LogP contribution is -2.44. The zero-order chi connectivity index (χ0) is 18.4. The quantitative estimate of drug-likeness (QED) is 0.827. The molecule has 1 heterocycles. The highest BCUT2D eigenvalue weighted by atomic mass is 32.1. The van der Waals surface area contributed by atoms with Crippen molar-refractivity contribution in [3.63, 3.8) is 0 Å². The molecule has 1 N–H and O–H groups in total. The number of nitrogens with zero attached hydrogens (tertiary/aromatic N) is 1. The lowest BCUT2D eigenvalue weighted by atomic mass is 9.69. The molecule has 0 aliphatic heterocycles. The maximum absolute atomic E-state index is 12.8. The monoisotopic (exact) mass is 364 g/mol. The normalized spacial score (nSPS) is 21.0. The van der Waals surface area contributed by atoms with Crippen molar-refractivity contribution in [3.05, 3.63) is 22.4 Å². The summed E-state index contributed by atoms with van der Waals surface area (Å²) in [7, 11) is 0. The zero-order valence-corrected chi connectivity index (χ0v) is 16.8. The molecule has 0 radical (unpaired) electrons. The first-order valence-corrected chi connectivity index (χ1v) is 10.3. The molecule has 1 aromatic heterocycles. The van der Waals surface area contributed by atoms with Crippen LogP contribution < -0.4 is 5.32 Å². The van der Waals surface area contributed by atoms with Gasteiger partial charge < -0.3 is 10.2 Å². The summed E-state index contributed by atoms with van der Waals surface area (Å²) < 4.78 is 0. The Labute approximate surface area is 156 Å². The Bertz CT molecular complexity index is 555. The highest BCUT2D eigenvalue weighted by Crippen LogP contribution is 2.40. The van der Waals surface area contributed by atoms with Crippen molar-refractivity contribution in [2.24, 2.45) is 17.3 Å².